The second-order valence-electron chi connectivity index (χ2n) is 4.31. The van der Waals surface area contributed by atoms with Crippen LogP contribution in [0.1, 0.15) is 20.3 Å². The van der Waals surface area contributed by atoms with Crippen LogP contribution in [-0.4, -0.2) is 67.6 Å². The van der Waals surface area contributed by atoms with Gasteiger partial charge in [-0.3, -0.25) is 4.79 Å². The molecule has 1 rings (SSSR count). The third kappa shape index (κ3) is 4.52. The Hall–Kier alpha value is -1.30. The number of hydrogen-bond donors (Lipinski definition) is 2. The van der Waals surface area contributed by atoms with E-state index in [1.807, 2.05) is 18.7 Å². The summed E-state index contributed by atoms with van der Waals surface area (Å²) < 4.78 is 0. The van der Waals surface area contributed by atoms with Crippen molar-refractivity contribution in [3.63, 3.8) is 0 Å². The third-order valence-electron chi connectivity index (χ3n) is 3.01. The highest BCUT2D eigenvalue weighted by molar-refractivity contribution is 5.77. The summed E-state index contributed by atoms with van der Waals surface area (Å²) in [4.78, 5) is 27.0. The zero-order valence-corrected chi connectivity index (χ0v) is 11.4. The molecule has 0 aromatic heterocycles. The van der Waals surface area contributed by atoms with E-state index < -0.39 is 0 Å². The molecule has 0 aromatic carbocycles. The first-order valence-electron chi connectivity index (χ1n) is 6.70. The van der Waals surface area contributed by atoms with E-state index in [0.717, 1.165) is 13.1 Å². The quantitative estimate of drug-likeness (QED) is 0.673. The van der Waals surface area contributed by atoms with Gasteiger partial charge in [0.2, 0.25) is 5.91 Å². The Labute approximate surface area is 109 Å². The minimum Gasteiger partial charge on any atom is -0.339 e. The van der Waals surface area contributed by atoms with Gasteiger partial charge in [0.15, 0.2) is 0 Å². The smallest absolute Gasteiger partial charge is 0.317 e. The van der Waals surface area contributed by atoms with Gasteiger partial charge in [-0.2, -0.15) is 0 Å². The number of amides is 3. The van der Waals surface area contributed by atoms with E-state index >= 15 is 0 Å². The van der Waals surface area contributed by atoms with Crippen LogP contribution in [0.2, 0.25) is 0 Å². The van der Waals surface area contributed by atoms with Gasteiger partial charge in [-0.25, -0.2) is 4.79 Å². The zero-order chi connectivity index (χ0) is 13.4. The fourth-order valence-electron chi connectivity index (χ4n) is 1.95. The van der Waals surface area contributed by atoms with Crippen molar-refractivity contribution in [2.75, 3.05) is 45.8 Å². The highest BCUT2D eigenvalue weighted by Gasteiger charge is 2.23. The second kappa shape index (κ2) is 7.92. The number of nitrogens with one attached hydrogen (secondary N) is 2. The molecule has 6 heteroatoms. The first kappa shape index (κ1) is 14.8. The normalized spacial score (nSPS) is 15.7. The van der Waals surface area contributed by atoms with Gasteiger partial charge >= 0.3 is 6.03 Å². The van der Waals surface area contributed by atoms with E-state index in [4.69, 9.17) is 0 Å². The molecular formula is C12H24N4O2. The molecule has 1 aliphatic heterocycles. The van der Waals surface area contributed by atoms with E-state index in [1.54, 1.807) is 4.90 Å². The molecule has 0 radical (unpaired) electrons. The summed E-state index contributed by atoms with van der Waals surface area (Å²) in [6.45, 7) is 8.71. The maximum atomic E-state index is 11.8. The summed E-state index contributed by atoms with van der Waals surface area (Å²) in [5.41, 5.74) is 0. The Bertz CT molecular complexity index is 275. The van der Waals surface area contributed by atoms with Crippen molar-refractivity contribution in [1.82, 2.24) is 20.4 Å². The van der Waals surface area contributed by atoms with Crippen LogP contribution < -0.4 is 10.6 Å². The van der Waals surface area contributed by atoms with Crippen molar-refractivity contribution >= 4 is 11.9 Å². The predicted octanol–water partition coefficient (Wildman–Crippen LogP) is -0.140. The molecule has 0 aromatic rings. The molecule has 2 N–H and O–H groups in total. The molecule has 6 nitrogen and oxygen atoms in total. The van der Waals surface area contributed by atoms with Crippen LogP contribution in [0.3, 0.4) is 0 Å². The fraction of sp³-hybridized carbons (Fsp3) is 0.833. The van der Waals surface area contributed by atoms with Gasteiger partial charge in [0.1, 0.15) is 0 Å². The lowest BCUT2D eigenvalue weighted by Gasteiger charge is -2.34. The number of piperazine rings is 1. The summed E-state index contributed by atoms with van der Waals surface area (Å²) in [5.74, 6) is 0.173. The van der Waals surface area contributed by atoms with Crippen molar-refractivity contribution in [2.24, 2.45) is 0 Å². The largest absolute Gasteiger partial charge is 0.339 e. The Morgan fingerprint density at radius 3 is 2.17 bits per heavy atom. The molecule has 1 aliphatic rings. The summed E-state index contributed by atoms with van der Waals surface area (Å²) in [6.07, 6.45) is 0.537. The van der Waals surface area contributed by atoms with Crippen LogP contribution in [0.25, 0.3) is 0 Å². The molecule has 0 spiro atoms. The molecule has 18 heavy (non-hydrogen) atoms. The van der Waals surface area contributed by atoms with Crippen molar-refractivity contribution in [3.05, 3.63) is 0 Å². The number of rotatable bonds is 5. The SMILES string of the molecule is CCNCCC(=O)N1CCN(C(=O)NCC)CC1. The number of carbonyl (C=O) groups excluding carboxylic acids is 2. The molecule has 104 valence electrons. The molecule has 0 saturated carbocycles. The van der Waals surface area contributed by atoms with E-state index in [-0.39, 0.29) is 11.9 Å². The lowest BCUT2D eigenvalue weighted by molar-refractivity contribution is -0.132. The molecule has 0 atom stereocenters. The summed E-state index contributed by atoms with van der Waals surface area (Å²) in [5, 5.41) is 5.91. The molecule has 0 bridgehead atoms. The minimum absolute atomic E-state index is 0.0303. The molecular weight excluding hydrogens is 232 g/mol. The lowest BCUT2D eigenvalue weighted by Crippen LogP contribution is -2.53. The molecule has 1 fully saturated rings. The number of carbonyl (C=O) groups is 2. The van der Waals surface area contributed by atoms with E-state index in [9.17, 15) is 9.59 Å². The highest BCUT2D eigenvalue weighted by Crippen LogP contribution is 2.03. The topological polar surface area (TPSA) is 64.7 Å². The van der Waals surface area contributed by atoms with Gasteiger partial charge in [0, 0.05) is 45.7 Å². The third-order valence-corrected chi connectivity index (χ3v) is 3.01. The minimum atomic E-state index is -0.0303. The zero-order valence-electron chi connectivity index (χ0n) is 11.4. The first-order chi connectivity index (χ1) is 8.69. The van der Waals surface area contributed by atoms with Crippen LogP contribution in [-0.2, 0) is 4.79 Å². The predicted molar refractivity (Wildman–Crippen MR) is 70.4 cm³/mol. The van der Waals surface area contributed by atoms with Crippen LogP contribution >= 0.6 is 0 Å². The van der Waals surface area contributed by atoms with E-state index in [1.165, 1.54) is 0 Å². The number of urea groups is 1. The fourth-order valence-corrected chi connectivity index (χ4v) is 1.95. The van der Waals surface area contributed by atoms with Crippen molar-refractivity contribution in [1.29, 1.82) is 0 Å². The number of hydrogen-bond acceptors (Lipinski definition) is 3. The van der Waals surface area contributed by atoms with Crippen molar-refractivity contribution in [2.45, 2.75) is 20.3 Å². The summed E-state index contributed by atoms with van der Waals surface area (Å²) >= 11 is 0. The van der Waals surface area contributed by atoms with Crippen LogP contribution in [0.4, 0.5) is 4.79 Å². The van der Waals surface area contributed by atoms with Gasteiger partial charge < -0.3 is 20.4 Å². The van der Waals surface area contributed by atoms with Crippen LogP contribution in [0.5, 0.6) is 0 Å². The van der Waals surface area contributed by atoms with Gasteiger partial charge in [0.05, 0.1) is 0 Å². The van der Waals surface area contributed by atoms with Crippen LogP contribution in [0.15, 0.2) is 0 Å². The maximum Gasteiger partial charge on any atom is 0.317 e. The van der Waals surface area contributed by atoms with Crippen molar-refractivity contribution in [3.8, 4) is 0 Å². The van der Waals surface area contributed by atoms with Gasteiger partial charge in [0.25, 0.3) is 0 Å². The summed E-state index contributed by atoms with van der Waals surface area (Å²) in [6, 6.07) is -0.0303. The van der Waals surface area contributed by atoms with E-state index in [0.29, 0.717) is 39.1 Å². The Balaban J connectivity index is 2.26. The monoisotopic (exact) mass is 256 g/mol. The van der Waals surface area contributed by atoms with Gasteiger partial charge in [-0.1, -0.05) is 6.92 Å². The summed E-state index contributed by atoms with van der Waals surface area (Å²) in [7, 11) is 0. The molecule has 3 amide bonds. The highest BCUT2D eigenvalue weighted by atomic mass is 16.2. The molecule has 1 saturated heterocycles. The average molecular weight is 256 g/mol. The van der Waals surface area contributed by atoms with Crippen molar-refractivity contribution < 1.29 is 9.59 Å². The standard InChI is InChI=1S/C12H24N4O2/c1-3-13-6-5-11(17)15-7-9-16(10-8-15)12(18)14-4-2/h13H,3-10H2,1-2H3,(H,14,18). The van der Waals surface area contributed by atoms with E-state index in [2.05, 4.69) is 10.6 Å². The molecule has 1 heterocycles. The average Bonchev–Trinajstić information content (AvgIpc) is 2.39. The Kier molecular flexibility index (Phi) is 6.49. The molecule has 0 unspecified atom stereocenters. The first-order valence-corrected chi connectivity index (χ1v) is 6.70. The number of nitrogens with zero attached hydrogens (tertiary/aromatic N) is 2. The van der Waals surface area contributed by atoms with Crippen LogP contribution in [0, 0.1) is 0 Å². The second-order valence-corrected chi connectivity index (χ2v) is 4.31. The van der Waals surface area contributed by atoms with Gasteiger partial charge in [-0.15, -0.1) is 0 Å². The lowest BCUT2D eigenvalue weighted by atomic mass is 10.3. The maximum absolute atomic E-state index is 11.8. The molecule has 0 aliphatic carbocycles. The Morgan fingerprint density at radius 1 is 1.00 bits per heavy atom. The van der Waals surface area contributed by atoms with Gasteiger partial charge in [-0.05, 0) is 13.5 Å². The Morgan fingerprint density at radius 2 is 1.61 bits per heavy atom.